The van der Waals surface area contributed by atoms with E-state index in [1.807, 2.05) is 0 Å². The van der Waals surface area contributed by atoms with Crippen LogP contribution in [0.5, 0.6) is 0 Å². The summed E-state index contributed by atoms with van der Waals surface area (Å²) < 4.78 is 2.09. The molecule has 0 radical (unpaired) electrons. The zero-order valence-corrected chi connectivity index (χ0v) is 8.06. The van der Waals surface area contributed by atoms with Crippen molar-refractivity contribution in [3.8, 4) is 6.07 Å². The molecule has 1 aromatic heterocycles. The van der Waals surface area contributed by atoms with Crippen molar-refractivity contribution < 1.29 is 0 Å². The van der Waals surface area contributed by atoms with Gasteiger partial charge in [0.25, 0.3) is 0 Å². The topological polar surface area (TPSA) is 41.6 Å². The third-order valence-electron chi connectivity index (χ3n) is 3.41. The van der Waals surface area contributed by atoms with Gasteiger partial charge in [-0.05, 0) is 31.7 Å². The molecule has 72 valence electrons. The van der Waals surface area contributed by atoms with Crippen LogP contribution in [-0.2, 0) is 0 Å². The molecule has 2 saturated carbocycles. The smallest absolute Gasteiger partial charge is 0.0669 e. The Bertz CT molecular complexity index is 383. The highest BCUT2D eigenvalue weighted by Crippen LogP contribution is 2.46. The summed E-state index contributed by atoms with van der Waals surface area (Å²) in [6, 6.07) is 5.03. The average molecular weight is 187 g/mol. The predicted octanol–water partition coefficient (Wildman–Crippen LogP) is 2.24. The van der Waals surface area contributed by atoms with Crippen LogP contribution in [0, 0.1) is 17.2 Å². The molecule has 0 unspecified atom stereocenters. The highest BCUT2D eigenvalue weighted by atomic mass is 15.3. The summed E-state index contributed by atoms with van der Waals surface area (Å²) in [4.78, 5) is 0. The Kier molecular flexibility index (Phi) is 1.63. The Hall–Kier alpha value is -1.30. The Morgan fingerprint density at radius 1 is 1.50 bits per heavy atom. The van der Waals surface area contributed by atoms with Crippen LogP contribution in [0.15, 0.2) is 12.3 Å². The fourth-order valence-electron chi connectivity index (χ4n) is 2.07. The van der Waals surface area contributed by atoms with Crippen molar-refractivity contribution in [2.75, 3.05) is 0 Å². The second-order valence-corrected chi connectivity index (χ2v) is 4.38. The van der Waals surface area contributed by atoms with E-state index >= 15 is 0 Å². The number of hydrogen-bond acceptors (Lipinski definition) is 2. The maximum absolute atomic E-state index is 8.73. The maximum Gasteiger partial charge on any atom is 0.0669 e. The molecule has 2 aliphatic rings. The van der Waals surface area contributed by atoms with Gasteiger partial charge >= 0.3 is 0 Å². The zero-order valence-electron chi connectivity index (χ0n) is 8.06. The Morgan fingerprint density at radius 3 is 2.93 bits per heavy atom. The molecule has 3 rings (SSSR count). The third kappa shape index (κ3) is 1.14. The lowest BCUT2D eigenvalue weighted by molar-refractivity contribution is 0.288. The fraction of sp³-hybridized carbons (Fsp3) is 0.636. The first kappa shape index (κ1) is 8.05. The maximum atomic E-state index is 8.73. The van der Waals surface area contributed by atoms with E-state index in [2.05, 4.69) is 28.1 Å². The van der Waals surface area contributed by atoms with E-state index in [-0.39, 0.29) is 5.92 Å². The van der Waals surface area contributed by atoms with E-state index in [1.165, 1.54) is 19.3 Å². The van der Waals surface area contributed by atoms with Gasteiger partial charge in [0, 0.05) is 12.1 Å². The molecule has 0 bridgehead atoms. The molecule has 1 heterocycles. The van der Waals surface area contributed by atoms with E-state index in [9.17, 15) is 0 Å². The Labute approximate surface area is 83.3 Å². The molecule has 0 amide bonds. The monoisotopic (exact) mass is 187 g/mol. The van der Waals surface area contributed by atoms with Gasteiger partial charge in [-0.25, -0.2) is 0 Å². The summed E-state index contributed by atoms with van der Waals surface area (Å²) in [6.45, 7) is 0. The quantitative estimate of drug-likeness (QED) is 0.712. The van der Waals surface area contributed by atoms with Gasteiger partial charge in [-0.15, -0.1) is 0 Å². The molecule has 0 N–H and O–H groups in total. The molecule has 2 atom stereocenters. The van der Waals surface area contributed by atoms with Gasteiger partial charge in [-0.3, -0.25) is 4.68 Å². The predicted molar refractivity (Wildman–Crippen MR) is 51.6 cm³/mol. The van der Waals surface area contributed by atoms with Crippen LogP contribution >= 0.6 is 0 Å². The molecule has 3 nitrogen and oxygen atoms in total. The minimum Gasteiger partial charge on any atom is -0.269 e. The van der Waals surface area contributed by atoms with Crippen molar-refractivity contribution in [3.05, 3.63) is 18.0 Å². The Morgan fingerprint density at radius 2 is 2.36 bits per heavy atom. The van der Waals surface area contributed by atoms with Crippen molar-refractivity contribution >= 4 is 0 Å². The molecular formula is C11H13N3. The minimum absolute atomic E-state index is 0.236. The first-order valence-electron chi connectivity index (χ1n) is 5.33. The van der Waals surface area contributed by atoms with E-state index in [1.54, 1.807) is 0 Å². The largest absolute Gasteiger partial charge is 0.269 e. The molecule has 1 aromatic rings. The van der Waals surface area contributed by atoms with Crippen molar-refractivity contribution in [2.24, 2.45) is 5.92 Å². The lowest BCUT2D eigenvalue weighted by Crippen LogP contribution is -2.17. The molecule has 0 aliphatic heterocycles. The number of nitrogens with zero attached hydrogens (tertiary/aromatic N) is 3. The summed E-state index contributed by atoms with van der Waals surface area (Å²) >= 11 is 0. The van der Waals surface area contributed by atoms with Crippen LogP contribution in [0.3, 0.4) is 0 Å². The minimum atomic E-state index is 0.236. The van der Waals surface area contributed by atoms with Gasteiger partial charge in [-0.2, -0.15) is 10.4 Å². The van der Waals surface area contributed by atoms with Crippen LogP contribution in [0.4, 0.5) is 0 Å². The summed E-state index contributed by atoms with van der Waals surface area (Å²) in [6.07, 6.45) is 6.97. The first-order valence-corrected chi connectivity index (χ1v) is 5.33. The first-order chi connectivity index (χ1) is 6.88. The summed E-state index contributed by atoms with van der Waals surface area (Å²) in [7, 11) is 0. The average Bonchev–Trinajstić information content (AvgIpc) is 2.76. The van der Waals surface area contributed by atoms with Gasteiger partial charge < -0.3 is 0 Å². The van der Waals surface area contributed by atoms with Crippen LogP contribution < -0.4 is 0 Å². The SMILES string of the molecule is N#C[C@@H]1C[C@H]1c1ccn(C2CCC2)n1. The van der Waals surface area contributed by atoms with Crippen molar-refractivity contribution in [1.29, 1.82) is 5.26 Å². The van der Waals surface area contributed by atoms with Gasteiger partial charge in [0.1, 0.15) is 0 Å². The van der Waals surface area contributed by atoms with Gasteiger partial charge in [0.2, 0.25) is 0 Å². The van der Waals surface area contributed by atoms with Gasteiger partial charge in [0.05, 0.1) is 23.7 Å². The number of nitriles is 1. The highest BCUT2D eigenvalue weighted by molar-refractivity contribution is 5.21. The molecular weight excluding hydrogens is 174 g/mol. The summed E-state index contributed by atoms with van der Waals surface area (Å²) in [5.41, 5.74) is 1.13. The molecule has 2 fully saturated rings. The van der Waals surface area contributed by atoms with Crippen molar-refractivity contribution in [3.63, 3.8) is 0 Å². The lowest BCUT2D eigenvalue weighted by Gasteiger charge is -2.25. The van der Waals surface area contributed by atoms with Crippen LogP contribution in [0.1, 0.15) is 43.3 Å². The van der Waals surface area contributed by atoms with Gasteiger partial charge in [-0.1, -0.05) is 0 Å². The van der Waals surface area contributed by atoms with E-state index < -0.39 is 0 Å². The van der Waals surface area contributed by atoms with Crippen LogP contribution in [-0.4, -0.2) is 9.78 Å². The van der Waals surface area contributed by atoms with Crippen LogP contribution in [0.2, 0.25) is 0 Å². The molecule has 14 heavy (non-hydrogen) atoms. The standard InChI is InChI=1S/C11H13N3/c12-7-8-6-10(8)11-4-5-14(13-11)9-2-1-3-9/h4-5,8-10H,1-3,6H2/t8-,10+/m0/s1. The summed E-state index contributed by atoms with van der Waals surface area (Å²) in [5, 5.41) is 13.3. The second kappa shape index (κ2) is 2.84. The normalized spacial score (nSPS) is 30.8. The molecule has 0 spiro atoms. The number of rotatable bonds is 2. The van der Waals surface area contributed by atoms with Crippen molar-refractivity contribution in [1.82, 2.24) is 9.78 Å². The van der Waals surface area contributed by atoms with Crippen LogP contribution in [0.25, 0.3) is 0 Å². The fourth-order valence-corrected chi connectivity index (χ4v) is 2.07. The molecule has 2 aliphatic carbocycles. The van der Waals surface area contributed by atoms with E-state index in [4.69, 9.17) is 5.26 Å². The highest BCUT2D eigenvalue weighted by Gasteiger charge is 2.40. The number of hydrogen-bond donors (Lipinski definition) is 0. The van der Waals surface area contributed by atoms with Gasteiger partial charge in [0.15, 0.2) is 0 Å². The lowest BCUT2D eigenvalue weighted by atomic mass is 9.93. The summed E-state index contributed by atoms with van der Waals surface area (Å²) in [5.74, 6) is 0.668. The Balaban J connectivity index is 1.75. The third-order valence-corrected chi connectivity index (χ3v) is 3.41. The molecule has 3 heteroatoms. The van der Waals surface area contributed by atoms with E-state index in [0.717, 1.165) is 12.1 Å². The molecule has 0 aromatic carbocycles. The molecule has 0 saturated heterocycles. The zero-order chi connectivity index (χ0) is 9.54. The number of aromatic nitrogens is 2. The second-order valence-electron chi connectivity index (χ2n) is 4.38. The van der Waals surface area contributed by atoms with E-state index in [0.29, 0.717) is 12.0 Å². The van der Waals surface area contributed by atoms with Crippen molar-refractivity contribution in [2.45, 2.75) is 37.6 Å².